The van der Waals surface area contributed by atoms with E-state index < -0.39 is 0 Å². The van der Waals surface area contributed by atoms with E-state index in [0.717, 1.165) is 20.9 Å². The first-order valence-corrected chi connectivity index (χ1v) is 8.17. The number of Topliss-reactive ketones (excluding diaryl/α,β-unsaturated/α-hetero) is 1. The van der Waals surface area contributed by atoms with E-state index in [1.54, 1.807) is 23.3 Å². The Balaban J connectivity index is 1.87. The van der Waals surface area contributed by atoms with Gasteiger partial charge in [-0.05, 0) is 25.5 Å². The quantitative estimate of drug-likeness (QED) is 0.756. The summed E-state index contributed by atoms with van der Waals surface area (Å²) in [4.78, 5) is 28.2. The smallest absolute Gasteiger partial charge is 0.223 e. The van der Waals surface area contributed by atoms with Crippen LogP contribution >= 0.6 is 11.3 Å². The minimum Gasteiger partial charge on any atom is -0.341 e. The van der Waals surface area contributed by atoms with Gasteiger partial charge in [-0.3, -0.25) is 9.59 Å². The predicted octanol–water partition coefficient (Wildman–Crippen LogP) is 3.99. The Kier molecular flexibility index (Phi) is 5.50. The maximum atomic E-state index is 12.2. The number of benzene rings is 1. The number of nitrogens with zero attached hydrogens (tertiary/aromatic N) is 1. The summed E-state index contributed by atoms with van der Waals surface area (Å²) in [7, 11) is 1.78. The average molecular weight is 315 g/mol. The Hall–Kier alpha value is -1.94. The Morgan fingerprint density at radius 3 is 2.36 bits per heavy atom. The molecule has 0 spiro atoms. The van der Waals surface area contributed by atoms with Crippen molar-refractivity contribution < 1.29 is 9.59 Å². The molecule has 0 saturated heterocycles. The van der Waals surface area contributed by atoms with Crippen LogP contribution < -0.4 is 0 Å². The highest BCUT2D eigenvalue weighted by Gasteiger charge is 2.15. The molecule has 1 aromatic carbocycles. The normalized spacial score (nSPS) is 10.5. The van der Waals surface area contributed by atoms with E-state index in [-0.39, 0.29) is 24.5 Å². The van der Waals surface area contributed by atoms with Gasteiger partial charge in [-0.25, -0.2) is 0 Å². The number of thiophene rings is 1. The van der Waals surface area contributed by atoms with Crippen molar-refractivity contribution in [3.05, 3.63) is 57.3 Å². The molecule has 2 rings (SSSR count). The van der Waals surface area contributed by atoms with Crippen molar-refractivity contribution in [3.8, 4) is 0 Å². The molecule has 4 heteroatoms. The summed E-state index contributed by atoms with van der Waals surface area (Å²) in [6.07, 6.45) is 0.533. The fourth-order valence-electron chi connectivity index (χ4n) is 2.40. The van der Waals surface area contributed by atoms with Crippen molar-refractivity contribution in [2.24, 2.45) is 0 Å². The van der Waals surface area contributed by atoms with Crippen molar-refractivity contribution in [1.82, 2.24) is 4.90 Å². The van der Waals surface area contributed by atoms with Gasteiger partial charge < -0.3 is 4.90 Å². The van der Waals surface area contributed by atoms with Crippen LogP contribution in [0.1, 0.15) is 38.5 Å². The number of amides is 1. The van der Waals surface area contributed by atoms with Crippen molar-refractivity contribution >= 4 is 23.0 Å². The molecule has 0 saturated carbocycles. The molecule has 0 fully saturated rings. The molecule has 3 nitrogen and oxygen atoms in total. The highest BCUT2D eigenvalue weighted by atomic mass is 32.1. The van der Waals surface area contributed by atoms with Gasteiger partial charge in [-0.1, -0.05) is 30.3 Å². The Morgan fingerprint density at radius 2 is 1.77 bits per heavy atom. The molecule has 0 atom stereocenters. The van der Waals surface area contributed by atoms with Crippen LogP contribution in [0.15, 0.2) is 36.4 Å². The third-order valence-electron chi connectivity index (χ3n) is 3.60. The second kappa shape index (κ2) is 7.36. The number of carbonyl (C=O) groups excluding carboxylic acids is 2. The van der Waals surface area contributed by atoms with E-state index in [0.29, 0.717) is 6.54 Å². The summed E-state index contributed by atoms with van der Waals surface area (Å²) in [5, 5.41) is 0. The second-order valence-electron chi connectivity index (χ2n) is 5.49. The number of aryl methyl sites for hydroxylation is 2. The van der Waals surface area contributed by atoms with Crippen molar-refractivity contribution in [2.75, 3.05) is 7.05 Å². The maximum absolute atomic E-state index is 12.2. The third-order valence-corrected chi connectivity index (χ3v) is 4.56. The molecule has 0 unspecified atom stereocenters. The van der Waals surface area contributed by atoms with Crippen LogP contribution in [-0.4, -0.2) is 23.6 Å². The SMILES string of the molecule is Cc1cc(C(=O)CCC(=O)N(C)Cc2ccccc2)c(C)s1. The number of hydrogen-bond acceptors (Lipinski definition) is 3. The highest BCUT2D eigenvalue weighted by Crippen LogP contribution is 2.22. The second-order valence-corrected chi connectivity index (χ2v) is 6.95. The van der Waals surface area contributed by atoms with Crippen molar-refractivity contribution in [2.45, 2.75) is 33.2 Å². The maximum Gasteiger partial charge on any atom is 0.223 e. The molecule has 1 heterocycles. The van der Waals surface area contributed by atoms with E-state index in [1.807, 2.05) is 50.2 Å². The highest BCUT2D eigenvalue weighted by molar-refractivity contribution is 7.12. The number of rotatable bonds is 6. The van der Waals surface area contributed by atoms with Gasteiger partial charge in [-0.2, -0.15) is 0 Å². The van der Waals surface area contributed by atoms with E-state index in [1.165, 1.54) is 0 Å². The first-order chi connectivity index (χ1) is 10.5. The molecular weight excluding hydrogens is 294 g/mol. The molecule has 22 heavy (non-hydrogen) atoms. The lowest BCUT2D eigenvalue weighted by molar-refractivity contribution is -0.130. The first kappa shape index (κ1) is 16.4. The molecule has 0 aliphatic carbocycles. The van der Waals surface area contributed by atoms with Gasteiger partial charge in [0.05, 0.1) is 0 Å². The molecular formula is C18H21NO2S. The molecule has 0 bridgehead atoms. The Labute approximate surface area is 135 Å². The molecule has 2 aromatic rings. The Morgan fingerprint density at radius 1 is 1.09 bits per heavy atom. The zero-order chi connectivity index (χ0) is 16.1. The lowest BCUT2D eigenvalue weighted by Gasteiger charge is -2.17. The molecule has 0 aliphatic rings. The molecule has 0 aliphatic heterocycles. The van der Waals surface area contributed by atoms with Gasteiger partial charge in [0.2, 0.25) is 5.91 Å². The summed E-state index contributed by atoms with van der Waals surface area (Å²) in [5.41, 5.74) is 1.86. The number of ketones is 1. The molecule has 0 N–H and O–H groups in total. The van der Waals surface area contributed by atoms with Gasteiger partial charge in [0, 0.05) is 41.8 Å². The van der Waals surface area contributed by atoms with Crippen LogP contribution in [0, 0.1) is 13.8 Å². The molecule has 0 radical (unpaired) electrons. The van der Waals surface area contributed by atoms with E-state index in [4.69, 9.17) is 0 Å². The standard InChI is InChI=1S/C18H21NO2S/c1-13-11-16(14(2)22-13)17(20)9-10-18(21)19(3)12-15-7-5-4-6-8-15/h4-8,11H,9-10,12H2,1-3H3. The lowest BCUT2D eigenvalue weighted by atomic mass is 10.1. The Bertz CT molecular complexity index is 661. The summed E-state index contributed by atoms with van der Waals surface area (Å²) in [6.45, 7) is 4.52. The van der Waals surface area contributed by atoms with Crippen LogP contribution in [-0.2, 0) is 11.3 Å². The van der Waals surface area contributed by atoms with Crippen LogP contribution in [0.25, 0.3) is 0 Å². The summed E-state index contributed by atoms with van der Waals surface area (Å²) in [5.74, 6) is 0.0603. The van der Waals surface area contributed by atoms with Crippen LogP contribution in [0.5, 0.6) is 0 Å². The summed E-state index contributed by atoms with van der Waals surface area (Å²) < 4.78 is 0. The fourth-order valence-corrected chi connectivity index (χ4v) is 3.34. The zero-order valence-corrected chi connectivity index (χ0v) is 14.1. The van der Waals surface area contributed by atoms with Crippen LogP contribution in [0.2, 0.25) is 0 Å². The van der Waals surface area contributed by atoms with Gasteiger partial charge in [0.25, 0.3) is 0 Å². The lowest BCUT2D eigenvalue weighted by Crippen LogP contribution is -2.26. The van der Waals surface area contributed by atoms with Gasteiger partial charge in [0.15, 0.2) is 5.78 Å². The number of carbonyl (C=O) groups is 2. The predicted molar refractivity (Wildman–Crippen MR) is 90.3 cm³/mol. The minimum atomic E-state index is 0.00167. The van der Waals surface area contributed by atoms with Gasteiger partial charge in [0.1, 0.15) is 0 Å². The van der Waals surface area contributed by atoms with Crippen LogP contribution in [0.4, 0.5) is 0 Å². The summed E-state index contributed by atoms with van der Waals surface area (Å²) >= 11 is 1.62. The van der Waals surface area contributed by atoms with Crippen molar-refractivity contribution in [1.29, 1.82) is 0 Å². The topological polar surface area (TPSA) is 37.4 Å². The molecule has 1 amide bonds. The van der Waals surface area contributed by atoms with Gasteiger partial charge in [-0.15, -0.1) is 11.3 Å². The third kappa shape index (κ3) is 4.28. The monoisotopic (exact) mass is 315 g/mol. The number of hydrogen-bond donors (Lipinski definition) is 0. The van der Waals surface area contributed by atoms with E-state index in [2.05, 4.69) is 0 Å². The van der Waals surface area contributed by atoms with E-state index in [9.17, 15) is 9.59 Å². The first-order valence-electron chi connectivity index (χ1n) is 7.35. The minimum absolute atomic E-state index is 0.00167. The largest absolute Gasteiger partial charge is 0.341 e. The van der Waals surface area contributed by atoms with Crippen LogP contribution in [0.3, 0.4) is 0 Å². The van der Waals surface area contributed by atoms with Crippen molar-refractivity contribution in [3.63, 3.8) is 0 Å². The summed E-state index contributed by atoms with van der Waals surface area (Å²) in [6, 6.07) is 11.8. The average Bonchev–Trinajstić information content (AvgIpc) is 2.84. The zero-order valence-electron chi connectivity index (χ0n) is 13.3. The van der Waals surface area contributed by atoms with E-state index >= 15 is 0 Å². The molecule has 1 aromatic heterocycles. The fraction of sp³-hybridized carbons (Fsp3) is 0.333. The van der Waals surface area contributed by atoms with Gasteiger partial charge >= 0.3 is 0 Å². The molecule has 116 valence electrons.